The maximum absolute atomic E-state index is 5.98. The molecule has 0 amide bonds. The third-order valence-corrected chi connectivity index (χ3v) is 3.41. The van der Waals surface area contributed by atoms with Gasteiger partial charge in [0.25, 0.3) is 0 Å². The van der Waals surface area contributed by atoms with Crippen LogP contribution in [0.1, 0.15) is 43.3 Å². The molecule has 0 aliphatic rings. The number of rotatable bonds is 7. The Morgan fingerprint density at radius 2 is 1.95 bits per heavy atom. The van der Waals surface area contributed by atoms with Gasteiger partial charge in [0, 0.05) is 17.3 Å². The number of hydrogen-bond acceptors (Lipinski definition) is 3. The van der Waals surface area contributed by atoms with Crippen LogP contribution in [0.2, 0.25) is 0 Å². The van der Waals surface area contributed by atoms with Crippen LogP contribution in [0.3, 0.4) is 0 Å². The number of ether oxygens (including phenoxy) is 1. The summed E-state index contributed by atoms with van der Waals surface area (Å²) in [5.74, 6) is 0.928. The Bertz CT molecular complexity index is 569. The summed E-state index contributed by atoms with van der Waals surface area (Å²) in [4.78, 5) is 4.47. The largest absolute Gasteiger partial charge is 0.487 e. The van der Waals surface area contributed by atoms with E-state index in [1.165, 1.54) is 5.56 Å². The molecule has 1 aromatic heterocycles. The highest BCUT2D eigenvalue weighted by Gasteiger charge is 2.10. The molecular formula is C18H24N2O. The van der Waals surface area contributed by atoms with E-state index in [-0.39, 0.29) is 6.04 Å². The van der Waals surface area contributed by atoms with Crippen LogP contribution in [-0.2, 0) is 6.61 Å². The van der Waals surface area contributed by atoms with Crippen molar-refractivity contribution in [3.05, 3.63) is 59.4 Å². The first-order valence-electron chi connectivity index (χ1n) is 7.58. The van der Waals surface area contributed by atoms with Crippen molar-refractivity contribution in [1.29, 1.82) is 0 Å². The van der Waals surface area contributed by atoms with Crippen molar-refractivity contribution in [3.63, 3.8) is 0 Å². The van der Waals surface area contributed by atoms with E-state index >= 15 is 0 Å². The van der Waals surface area contributed by atoms with Crippen molar-refractivity contribution >= 4 is 0 Å². The first-order valence-corrected chi connectivity index (χ1v) is 7.58. The normalized spacial score (nSPS) is 12.1. The fraction of sp³-hybridized carbons (Fsp3) is 0.389. The molecule has 1 atom stereocenters. The van der Waals surface area contributed by atoms with Gasteiger partial charge >= 0.3 is 0 Å². The molecule has 1 N–H and O–H groups in total. The number of nitrogens with zero attached hydrogens (tertiary/aromatic N) is 1. The van der Waals surface area contributed by atoms with E-state index in [2.05, 4.69) is 36.3 Å². The van der Waals surface area contributed by atoms with Gasteiger partial charge in [0.15, 0.2) is 0 Å². The van der Waals surface area contributed by atoms with E-state index in [0.29, 0.717) is 6.61 Å². The van der Waals surface area contributed by atoms with Crippen LogP contribution >= 0.6 is 0 Å². The second-order valence-corrected chi connectivity index (χ2v) is 5.27. The smallest absolute Gasteiger partial charge is 0.130 e. The summed E-state index contributed by atoms with van der Waals surface area (Å²) in [6, 6.07) is 14.5. The average molecular weight is 284 g/mol. The standard InChI is InChI=1S/C18H24N2O/c1-4-12-19-15(3)17-10-5-6-11-18(17)21-13-16-9-7-8-14(2)20-16/h5-11,15,19H,4,12-13H2,1-3H3. The minimum Gasteiger partial charge on any atom is -0.487 e. The summed E-state index contributed by atoms with van der Waals surface area (Å²) < 4.78 is 5.98. The Balaban J connectivity index is 2.06. The molecule has 0 saturated carbocycles. The number of aryl methyl sites for hydroxylation is 1. The number of aromatic nitrogens is 1. The monoisotopic (exact) mass is 284 g/mol. The summed E-state index contributed by atoms with van der Waals surface area (Å²) in [5, 5.41) is 3.50. The van der Waals surface area contributed by atoms with Crippen LogP contribution in [-0.4, -0.2) is 11.5 Å². The van der Waals surface area contributed by atoms with Gasteiger partial charge in [-0.15, -0.1) is 0 Å². The molecule has 112 valence electrons. The predicted octanol–water partition coefficient (Wildman–Crippen LogP) is 4.03. The highest BCUT2D eigenvalue weighted by molar-refractivity contribution is 5.35. The minimum atomic E-state index is 0.284. The molecule has 2 aromatic rings. The second-order valence-electron chi connectivity index (χ2n) is 5.27. The summed E-state index contributed by atoms with van der Waals surface area (Å²) in [6.45, 7) is 7.84. The van der Waals surface area contributed by atoms with Gasteiger partial charge in [-0.3, -0.25) is 4.98 Å². The Morgan fingerprint density at radius 1 is 1.14 bits per heavy atom. The molecule has 21 heavy (non-hydrogen) atoms. The summed E-state index contributed by atoms with van der Waals surface area (Å²) in [6.07, 6.45) is 1.13. The Morgan fingerprint density at radius 3 is 2.71 bits per heavy atom. The maximum atomic E-state index is 5.98. The van der Waals surface area contributed by atoms with Crippen LogP contribution < -0.4 is 10.1 Å². The quantitative estimate of drug-likeness (QED) is 0.833. The van der Waals surface area contributed by atoms with Crippen LogP contribution in [0.4, 0.5) is 0 Å². The van der Waals surface area contributed by atoms with Crippen molar-refractivity contribution in [3.8, 4) is 5.75 Å². The topological polar surface area (TPSA) is 34.1 Å². The fourth-order valence-corrected chi connectivity index (χ4v) is 2.27. The molecule has 3 heteroatoms. The lowest BCUT2D eigenvalue weighted by Crippen LogP contribution is -2.20. The maximum Gasteiger partial charge on any atom is 0.130 e. The first kappa shape index (κ1) is 15.5. The number of para-hydroxylation sites is 1. The first-order chi connectivity index (χ1) is 10.2. The molecule has 0 fully saturated rings. The Hall–Kier alpha value is -1.87. The molecule has 0 aliphatic heterocycles. The van der Waals surface area contributed by atoms with Gasteiger partial charge < -0.3 is 10.1 Å². The van der Waals surface area contributed by atoms with E-state index < -0.39 is 0 Å². The second kappa shape index (κ2) is 7.79. The summed E-state index contributed by atoms with van der Waals surface area (Å²) in [5.41, 5.74) is 3.17. The molecule has 0 saturated heterocycles. The Kier molecular flexibility index (Phi) is 5.76. The van der Waals surface area contributed by atoms with Crippen LogP contribution in [0, 0.1) is 6.92 Å². The molecule has 2 rings (SSSR count). The molecule has 0 radical (unpaired) electrons. The zero-order valence-corrected chi connectivity index (χ0v) is 13.1. The average Bonchev–Trinajstić information content (AvgIpc) is 2.51. The van der Waals surface area contributed by atoms with E-state index in [4.69, 9.17) is 4.74 Å². The lowest BCUT2D eigenvalue weighted by molar-refractivity contribution is 0.295. The van der Waals surface area contributed by atoms with E-state index in [1.807, 2.05) is 37.3 Å². The fourth-order valence-electron chi connectivity index (χ4n) is 2.27. The van der Waals surface area contributed by atoms with Crippen molar-refractivity contribution in [2.45, 2.75) is 39.8 Å². The van der Waals surface area contributed by atoms with E-state index in [0.717, 1.165) is 30.1 Å². The van der Waals surface area contributed by atoms with Crippen LogP contribution in [0.5, 0.6) is 5.75 Å². The number of nitrogens with one attached hydrogen (secondary N) is 1. The highest BCUT2D eigenvalue weighted by atomic mass is 16.5. The van der Waals surface area contributed by atoms with E-state index in [9.17, 15) is 0 Å². The van der Waals surface area contributed by atoms with Crippen molar-refractivity contribution in [1.82, 2.24) is 10.3 Å². The SMILES string of the molecule is CCCNC(C)c1ccccc1OCc1cccc(C)n1. The molecular weight excluding hydrogens is 260 g/mol. The lowest BCUT2D eigenvalue weighted by atomic mass is 10.1. The van der Waals surface area contributed by atoms with Gasteiger partial charge in [-0.2, -0.15) is 0 Å². The highest BCUT2D eigenvalue weighted by Crippen LogP contribution is 2.25. The molecule has 0 aliphatic carbocycles. The lowest BCUT2D eigenvalue weighted by Gasteiger charge is -2.18. The van der Waals surface area contributed by atoms with Gasteiger partial charge in [-0.05, 0) is 45.0 Å². The molecule has 1 unspecified atom stereocenters. The number of benzene rings is 1. The van der Waals surface area contributed by atoms with Crippen molar-refractivity contribution in [2.24, 2.45) is 0 Å². The molecule has 0 bridgehead atoms. The minimum absolute atomic E-state index is 0.284. The molecule has 1 aromatic carbocycles. The van der Waals surface area contributed by atoms with Gasteiger partial charge in [0.1, 0.15) is 12.4 Å². The zero-order chi connectivity index (χ0) is 15.1. The summed E-state index contributed by atoms with van der Waals surface area (Å²) >= 11 is 0. The van der Waals surface area contributed by atoms with Crippen molar-refractivity contribution < 1.29 is 4.74 Å². The van der Waals surface area contributed by atoms with Gasteiger partial charge in [-0.25, -0.2) is 0 Å². The number of pyridine rings is 1. The van der Waals surface area contributed by atoms with Crippen LogP contribution in [0.15, 0.2) is 42.5 Å². The summed E-state index contributed by atoms with van der Waals surface area (Å²) in [7, 11) is 0. The zero-order valence-electron chi connectivity index (χ0n) is 13.1. The Labute approximate surface area is 127 Å². The van der Waals surface area contributed by atoms with Gasteiger partial charge in [0.2, 0.25) is 0 Å². The van der Waals surface area contributed by atoms with Gasteiger partial charge in [-0.1, -0.05) is 31.2 Å². The molecule has 3 nitrogen and oxygen atoms in total. The third kappa shape index (κ3) is 4.57. The van der Waals surface area contributed by atoms with E-state index in [1.54, 1.807) is 0 Å². The van der Waals surface area contributed by atoms with Gasteiger partial charge in [0.05, 0.1) is 5.69 Å². The molecule has 1 heterocycles. The molecule has 0 spiro atoms. The van der Waals surface area contributed by atoms with Crippen LogP contribution in [0.25, 0.3) is 0 Å². The number of hydrogen-bond donors (Lipinski definition) is 1. The third-order valence-electron chi connectivity index (χ3n) is 3.41. The van der Waals surface area contributed by atoms with Crippen molar-refractivity contribution in [2.75, 3.05) is 6.54 Å². The predicted molar refractivity (Wildman–Crippen MR) is 86.5 cm³/mol.